The third-order valence-corrected chi connectivity index (χ3v) is 6.21. The third kappa shape index (κ3) is 5.75. The van der Waals surface area contributed by atoms with E-state index in [1.807, 2.05) is 0 Å². The van der Waals surface area contributed by atoms with Crippen molar-refractivity contribution in [2.24, 2.45) is 5.73 Å². The zero-order valence-electron chi connectivity index (χ0n) is 20.1. The fourth-order valence-corrected chi connectivity index (χ4v) is 3.78. The SMILES string of the molecule is COc1cc(C(=O)NCC(N)(c2ccc(OC)c(-c3ccc(F)c(Cl)c3)n2)C(F)F)ccc1OC1CC1. The topological polar surface area (TPSA) is 95.7 Å². The Morgan fingerprint density at radius 3 is 2.43 bits per heavy atom. The molecule has 37 heavy (non-hydrogen) atoms. The predicted molar refractivity (Wildman–Crippen MR) is 132 cm³/mol. The average molecular weight is 536 g/mol. The summed E-state index contributed by atoms with van der Waals surface area (Å²) in [7, 11) is 2.82. The van der Waals surface area contributed by atoms with Crippen molar-refractivity contribution in [2.45, 2.75) is 30.9 Å². The number of nitrogens with zero attached hydrogens (tertiary/aromatic N) is 1. The summed E-state index contributed by atoms with van der Waals surface area (Å²) >= 11 is 5.89. The molecule has 1 unspecified atom stereocenters. The average Bonchev–Trinajstić information content (AvgIpc) is 3.72. The van der Waals surface area contributed by atoms with Crippen LogP contribution in [0.1, 0.15) is 28.9 Å². The van der Waals surface area contributed by atoms with E-state index in [2.05, 4.69) is 10.3 Å². The molecule has 1 amide bonds. The number of hydrogen-bond acceptors (Lipinski definition) is 6. The zero-order valence-corrected chi connectivity index (χ0v) is 20.8. The summed E-state index contributed by atoms with van der Waals surface area (Å²) in [4.78, 5) is 17.1. The predicted octanol–water partition coefficient (Wildman–Crippen LogP) is 4.95. The molecule has 0 bridgehead atoms. The fourth-order valence-electron chi connectivity index (χ4n) is 3.60. The van der Waals surface area contributed by atoms with Gasteiger partial charge in [-0.1, -0.05) is 11.6 Å². The van der Waals surface area contributed by atoms with Crippen LogP contribution in [0.5, 0.6) is 17.2 Å². The van der Waals surface area contributed by atoms with E-state index < -0.39 is 30.2 Å². The van der Waals surface area contributed by atoms with E-state index in [0.29, 0.717) is 17.1 Å². The number of nitrogens with two attached hydrogens (primary N) is 1. The maximum atomic E-state index is 14.3. The van der Waals surface area contributed by atoms with E-state index in [1.54, 1.807) is 6.07 Å². The minimum Gasteiger partial charge on any atom is -0.494 e. The number of carbonyl (C=O) groups is 1. The number of hydrogen-bond donors (Lipinski definition) is 2. The van der Waals surface area contributed by atoms with Crippen molar-refractivity contribution >= 4 is 17.5 Å². The van der Waals surface area contributed by atoms with Crippen molar-refractivity contribution in [1.29, 1.82) is 0 Å². The Morgan fingerprint density at radius 1 is 1.11 bits per heavy atom. The highest BCUT2D eigenvalue weighted by Gasteiger charge is 2.40. The Bertz CT molecular complexity index is 1310. The molecule has 1 aliphatic carbocycles. The Balaban J connectivity index is 1.59. The molecular weight excluding hydrogens is 511 g/mol. The van der Waals surface area contributed by atoms with Gasteiger partial charge < -0.3 is 25.3 Å². The molecule has 2 aromatic carbocycles. The molecule has 3 N–H and O–H groups in total. The zero-order chi connectivity index (χ0) is 26.7. The molecule has 1 aliphatic rings. The van der Waals surface area contributed by atoms with Crippen LogP contribution in [0.2, 0.25) is 5.02 Å². The monoisotopic (exact) mass is 535 g/mol. The van der Waals surface area contributed by atoms with E-state index in [9.17, 15) is 18.0 Å². The Morgan fingerprint density at radius 2 is 1.81 bits per heavy atom. The first-order valence-electron chi connectivity index (χ1n) is 11.4. The smallest absolute Gasteiger partial charge is 0.263 e. The minimum absolute atomic E-state index is 0.130. The Hall–Kier alpha value is -3.50. The van der Waals surface area contributed by atoms with Crippen molar-refractivity contribution < 1.29 is 32.2 Å². The van der Waals surface area contributed by atoms with Gasteiger partial charge in [0, 0.05) is 17.7 Å². The van der Waals surface area contributed by atoms with Crippen LogP contribution in [-0.2, 0) is 5.54 Å². The van der Waals surface area contributed by atoms with Gasteiger partial charge >= 0.3 is 0 Å². The molecule has 0 aliphatic heterocycles. The molecular formula is C26H25ClF3N3O4. The van der Waals surface area contributed by atoms with Gasteiger partial charge in [0.1, 0.15) is 22.8 Å². The second-order valence-corrected chi connectivity index (χ2v) is 8.99. The van der Waals surface area contributed by atoms with E-state index in [-0.39, 0.29) is 33.8 Å². The maximum absolute atomic E-state index is 14.3. The summed E-state index contributed by atoms with van der Waals surface area (Å²) in [5.41, 5.74) is 4.23. The minimum atomic E-state index is -3.10. The van der Waals surface area contributed by atoms with Crippen LogP contribution in [0.15, 0.2) is 48.5 Å². The van der Waals surface area contributed by atoms with Crippen LogP contribution in [0.4, 0.5) is 13.2 Å². The van der Waals surface area contributed by atoms with Crippen molar-refractivity contribution in [1.82, 2.24) is 10.3 Å². The molecule has 7 nitrogen and oxygen atoms in total. The highest BCUT2D eigenvalue weighted by Crippen LogP contribution is 2.35. The molecule has 11 heteroatoms. The number of alkyl halides is 2. The highest BCUT2D eigenvalue weighted by molar-refractivity contribution is 6.31. The molecule has 4 rings (SSSR count). The second kappa shape index (κ2) is 10.9. The van der Waals surface area contributed by atoms with Gasteiger partial charge in [-0.3, -0.25) is 4.79 Å². The highest BCUT2D eigenvalue weighted by atomic mass is 35.5. The summed E-state index contributed by atoms with van der Waals surface area (Å²) in [6, 6.07) is 11.1. The number of pyridine rings is 1. The van der Waals surface area contributed by atoms with Crippen LogP contribution in [-0.4, -0.2) is 44.2 Å². The summed E-state index contributed by atoms with van der Waals surface area (Å²) in [6.45, 7) is -0.630. The van der Waals surface area contributed by atoms with Crippen molar-refractivity contribution in [3.63, 3.8) is 0 Å². The quantitative estimate of drug-likeness (QED) is 0.381. The molecule has 0 saturated heterocycles. The second-order valence-electron chi connectivity index (χ2n) is 8.58. The molecule has 1 saturated carbocycles. The Labute approximate surface area is 216 Å². The van der Waals surface area contributed by atoms with E-state index >= 15 is 0 Å². The molecule has 1 heterocycles. The number of aromatic nitrogens is 1. The fraction of sp³-hybridized carbons (Fsp3) is 0.308. The largest absolute Gasteiger partial charge is 0.494 e. The third-order valence-electron chi connectivity index (χ3n) is 5.92. The van der Waals surface area contributed by atoms with Crippen LogP contribution in [0.25, 0.3) is 11.3 Å². The van der Waals surface area contributed by atoms with Crippen LogP contribution in [0.3, 0.4) is 0 Å². The molecule has 1 fully saturated rings. The van der Waals surface area contributed by atoms with Crippen molar-refractivity contribution in [3.05, 3.63) is 70.6 Å². The van der Waals surface area contributed by atoms with Gasteiger partial charge in [0.05, 0.1) is 31.0 Å². The molecule has 3 aromatic rings. The molecule has 196 valence electrons. The van der Waals surface area contributed by atoms with E-state index in [0.717, 1.165) is 18.9 Å². The van der Waals surface area contributed by atoms with Crippen LogP contribution >= 0.6 is 11.6 Å². The summed E-state index contributed by atoms with van der Waals surface area (Å²) in [5.74, 6) is -0.184. The number of amides is 1. The van der Waals surface area contributed by atoms with Crippen molar-refractivity contribution in [3.8, 4) is 28.5 Å². The number of methoxy groups -OCH3 is 2. The number of benzene rings is 2. The van der Waals surface area contributed by atoms with E-state index in [1.165, 1.54) is 50.6 Å². The van der Waals surface area contributed by atoms with Crippen LogP contribution < -0.4 is 25.3 Å². The lowest BCUT2D eigenvalue weighted by Crippen LogP contribution is -2.53. The standard InChI is InChI=1S/C26H25ClF3N3O4/c1-35-20-9-10-22(33-23(20)14-3-7-18(28)17(27)11-14)26(31,25(29)30)13-32-24(34)15-4-8-19(21(12-15)36-2)37-16-5-6-16/h3-4,7-12,16,25H,5-6,13,31H2,1-2H3,(H,32,34). The first-order chi connectivity index (χ1) is 17.7. The normalized spacial score (nSPS) is 14.7. The van der Waals surface area contributed by atoms with Gasteiger partial charge in [0.2, 0.25) is 0 Å². The molecule has 1 atom stereocenters. The number of carbonyl (C=O) groups excluding carboxylic acids is 1. The lowest BCUT2D eigenvalue weighted by Gasteiger charge is -2.29. The number of rotatable bonds is 10. The Kier molecular flexibility index (Phi) is 7.79. The number of halogens is 4. The summed E-state index contributed by atoms with van der Waals surface area (Å²) in [6.07, 6.45) is -1.06. The lowest BCUT2D eigenvalue weighted by atomic mass is 9.95. The van der Waals surface area contributed by atoms with Crippen LogP contribution in [0, 0.1) is 5.82 Å². The van der Waals surface area contributed by atoms with Gasteiger partial charge in [-0.05, 0) is 61.4 Å². The van der Waals surface area contributed by atoms with Crippen molar-refractivity contribution in [2.75, 3.05) is 20.8 Å². The first kappa shape index (κ1) is 26.6. The van der Waals surface area contributed by atoms with Gasteiger partial charge in [0.25, 0.3) is 12.3 Å². The van der Waals surface area contributed by atoms with Gasteiger partial charge in [-0.15, -0.1) is 0 Å². The summed E-state index contributed by atoms with van der Waals surface area (Å²) < 4.78 is 58.6. The van der Waals surface area contributed by atoms with Gasteiger partial charge in [-0.25, -0.2) is 18.2 Å². The van der Waals surface area contributed by atoms with Gasteiger partial charge in [0.15, 0.2) is 11.5 Å². The molecule has 1 aromatic heterocycles. The first-order valence-corrected chi connectivity index (χ1v) is 11.7. The molecule has 0 spiro atoms. The summed E-state index contributed by atoms with van der Waals surface area (Å²) in [5, 5.41) is 2.29. The number of nitrogens with one attached hydrogen (secondary N) is 1. The maximum Gasteiger partial charge on any atom is 0.263 e. The van der Waals surface area contributed by atoms with Gasteiger partial charge in [-0.2, -0.15) is 0 Å². The lowest BCUT2D eigenvalue weighted by molar-refractivity contribution is 0.0478. The van der Waals surface area contributed by atoms with E-state index in [4.69, 9.17) is 31.5 Å². The number of ether oxygens (including phenoxy) is 3. The molecule has 0 radical (unpaired) electrons.